The van der Waals surface area contributed by atoms with E-state index < -0.39 is 39.8 Å². The van der Waals surface area contributed by atoms with Gasteiger partial charge in [0.25, 0.3) is 0 Å². The average molecular weight is 414 g/mol. The monoisotopic (exact) mass is 414 g/mol. The van der Waals surface area contributed by atoms with Crippen LogP contribution >= 0.6 is 0 Å². The van der Waals surface area contributed by atoms with Crippen LogP contribution in [0.1, 0.15) is 47.5 Å². The van der Waals surface area contributed by atoms with E-state index in [1.165, 1.54) is 13.8 Å². The number of aliphatic hydroxyl groups excluding tert-OH is 1. The first kappa shape index (κ1) is 19.4. The van der Waals surface area contributed by atoms with E-state index in [9.17, 15) is 19.8 Å². The summed E-state index contributed by atoms with van der Waals surface area (Å²) in [5, 5.41) is 22.6. The molecule has 30 heavy (non-hydrogen) atoms. The van der Waals surface area contributed by atoms with Gasteiger partial charge in [0.15, 0.2) is 17.4 Å². The van der Waals surface area contributed by atoms with E-state index in [4.69, 9.17) is 9.47 Å². The Labute approximate surface area is 176 Å². The molecule has 162 valence electrons. The molecule has 0 radical (unpaired) electrons. The maximum absolute atomic E-state index is 13.8. The van der Waals surface area contributed by atoms with Crippen molar-refractivity contribution < 1.29 is 29.3 Å². The first-order valence-corrected chi connectivity index (χ1v) is 11.1. The van der Waals surface area contributed by atoms with Crippen molar-refractivity contribution in [2.45, 2.75) is 65.1 Å². The highest BCUT2D eigenvalue weighted by Gasteiger charge is 2.91. The van der Waals surface area contributed by atoms with Crippen molar-refractivity contribution in [3.8, 4) is 0 Å². The van der Waals surface area contributed by atoms with E-state index in [-0.39, 0.29) is 35.9 Å². The van der Waals surface area contributed by atoms with Crippen molar-refractivity contribution in [1.29, 1.82) is 0 Å². The second-order valence-corrected chi connectivity index (χ2v) is 11.5. The molecule has 0 aromatic rings. The molecule has 6 nitrogen and oxygen atoms in total. The van der Waals surface area contributed by atoms with Crippen LogP contribution in [0.4, 0.5) is 0 Å². The maximum Gasteiger partial charge on any atom is 0.211 e. The fraction of sp³-hybridized carbons (Fsp3) is 0.750. The van der Waals surface area contributed by atoms with Crippen LogP contribution in [0.2, 0.25) is 0 Å². The maximum atomic E-state index is 13.8. The average Bonchev–Trinajstić information content (AvgIpc) is 2.63. The molecule has 2 heterocycles. The van der Waals surface area contributed by atoms with Crippen LogP contribution in [0.15, 0.2) is 23.3 Å². The number of carbonyl (C=O) groups excluding carboxylic acids is 2. The minimum absolute atomic E-state index is 0.0491. The normalized spacial score (nSPS) is 52.3. The van der Waals surface area contributed by atoms with Crippen LogP contribution < -0.4 is 0 Å². The Morgan fingerprint density at radius 2 is 1.93 bits per heavy atom. The number of fused-ring (bicyclic) bond motifs is 1. The summed E-state index contributed by atoms with van der Waals surface area (Å²) >= 11 is 0. The summed E-state index contributed by atoms with van der Waals surface area (Å²) in [4.78, 5) is 27.4. The molecular formula is C24H30O6. The molecule has 2 spiro atoms. The van der Waals surface area contributed by atoms with Crippen LogP contribution in [-0.2, 0) is 19.1 Å². The van der Waals surface area contributed by atoms with Crippen molar-refractivity contribution in [3.63, 3.8) is 0 Å². The molecule has 8 atom stereocenters. The summed E-state index contributed by atoms with van der Waals surface area (Å²) < 4.78 is 12.5. The number of hydrogen-bond donors (Lipinski definition) is 2. The molecule has 2 saturated heterocycles. The predicted molar refractivity (Wildman–Crippen MR) is 106 cm³/mol. The third-order valence-corrected chi connectivity index (χ3v) is 9.43. The lowest BCUT2D eigenvalue weighted by Crippen LogP contribution is -2.90. The highest BCUT2D eigenvalue weighted by Crippen LogP contribution is 2.82. The molecule has 7 aliphatic rings. The van der Waals surface area contributed by atoms with Crippen molar-refractivity contribution in [2.75, 3.05) is 6.61 Å². The summed E-state index contributed by atoms with van der Waals surface area (Å²) in [6.07, 6.45) is 3.94. The van der Waals surface area contributed by atoms with E-state index in [1.54, 1.807) is 6.08 Å². The molecule has 2 N–H and O–H groups in total. The molecule has 3 saturated carbocycles. The van der Waals surface area contributed by atoms with Crippen LogP contribution in [-0.4, -0.2) is 46.1 Å². The quantitative estimate of drug-likeness (QED) is 0.673. The predicted octanol–water partition coefficient (Wildman–Crippen LogP) is 2.14. The smallest absolute Gasteiger partial charge is 0.211 e. The zero-order valence-electron chi connectivity index (χ0n) is 18.2. The largest absolute Gasteiger partial charge is 0.387 e. The first-order chi connectivity index (χ1) is 13.9. The van der Waals surface area contributed by atoms with Crippen LogP contribution in [0.25, 0.3) is 0 Å². The van der Waals surface area contributed by atoms with E-state index in [0.717, 1.165) is 24.0 Å². The number of aliphatic hydroxyl groups is 2. The van der Waals surface area contributed by atoms with Gasteiger partial charge >= 0.3 is 0 Å². The van der Waals surface area contributed by atoms with Gasteiger partial charge in [0.2, 0.25) is 5.79 Å². The molecule has 8 unspecified atom stereocenters. The van der Waals surface area contributed by atoms with Crippen molar-refractivity contribution in [1.82, 2.24) is 0 Å². The number of hydrogen-bond acceptors (Lipinski definition) is 6. The Morgan fingerprint density at radius 3 is 2.60 bits per heavy atom. The fourth-order valence-electron chi connectivity index (χ4n) is 8.71. The molecule has 6 heteroatoms. The van der Waals surface area contributed by atoms with Gasteiger partial charge in [-0.15, -0.1) is 0 Å². The van der Waals surface area contributed by atoms with Crippen molar-refractivity contribution >= 4 is 11.6 Å². The number of carbonyl (C=O) groups is 2. The Bertz CT molecular complexity index is 969. The molecule has 7 rings (SSSR count). The Hall–Kier alpha value is -1.34. The van der Waals surface area contributed by atoms with Gasteiger partial charge in [-0.2, -0.15) is 0 Å². The number of ether oxygens (including phenoxy) is 2. The van der Waals surface area contributed by atoms with Crippen LogP contribution in [0.3, 0.4) is 0 Å². The molecule has 0 aromatic heterocycles. The highest BCUT2D eigenvalue weighted by molar-refractivity contribution is 6.13. The number of ketones is 2. The fourth-order valence-corrected chi connectivity index (χ4v) is 8.71. The van der Waals surface area contributed by atoms with Gasteiger partial charge in [0.1, 0.15) is 11.5 Å². The van der Waals surface area contributed by atoms with Crippen molar-refractivity contribution in [2.24, 2.45) is 39.9 Å². The van der Waals surface area contributed by atoms with Gasteiger partial charge in [0, 0.05) is 17.4 Å². The highest BCUT2D eigenvalue weighted by atomic mass is 16.8. The lowest BCUT2D eigenvalue weighted by atomic mass is 9.26. The third-order valence-electron chi connectivity index (χ3n) is 9.43. The summed E-state index contributed by atoms with van der Waals surface area (Å²) in [5.41, 5.74) is -0.580. The van der Waals surface area contributed by atoms with E-state index >= 15 is 0 Å². The van der Waals surface area contributed by atoms with Gasteiger partial charge in [0.05, 0.1) is 12.0 Å². The van der Waals surface area contributed by atoms with Crippen LogP contribution in [0.5, 0.6) is 0 Å². The minimum Gasteiger partial charge on any atom is -0.387 e. The molecule has 0 aromatic carbocycles. The second kappa shape index (κ2) is 5.01. The number of rotatable bonds is 2. The SMILES string of the molecule is CC1=C2C(=O)C34C2C1CCC3C12COC4(OC(C)(C)O)C(O)C1C(C)(C)C=CC2=O. The topological polar surface area (TPSA) is 93.1 Å². The van der Waals surface area contributed by atoms with Gasteiger partial charge in [-0.05, 0) is 56.9 Å². The standard InChI is InChI=1S/C24H30O6/c1-11-12-6-7-13-22-10-29-24(30-21(4,5)28,23(13)16(12)15(11)18(23)26)19(27)17(22)20(2,3)9-8-14(22)25/h8-9,12-13,16-17,19,27-28H,6-7,10H2,1-5H3. The summed E-state index contributed by atoms with van der Waals surface area (Å²) in [6.45, 7) is 9.16. The molecular weight excluding hydrogens is 384 g/mol. The molecule has 5 aliphatic carbocycles. The second-order valence-electron chi connectivity index (χ2n) is 11.5. The third kappa shape index (κ3) is 1.63. The molecule has 5 fully saturated rings. The number of Topliss-reactive ketones (excluding diaryl/α,β-unsaturated/α-hetero) is 1. The molecule has 2 bridgehead atoms. The van der Waals surface area contributed by atoms with E-state index in [1.807, 2.05) is 26.8 Å². The summed E-state index contributed by atoms with van der Waals surface area (Å²) in [7, 11) is 0. The van der Waals surface area contributed by atoms with E-state index in [0.29, 0.717) is 0 Å². The van der Waals surface area contributed by atoms with Crippen LogP contribution in [0, 0.1) is 39.9 Å². The Balaban J connectivity index is 1.66. The minimum atomic E-state index is -1.66. The lowest BCUT2D eigenvalue weighted by molar-refractivity contribution is -0.482. The zero-order chi connectivity index (χ0) is 21.6. The van der Waals surface area contributed by atoms with Gasteiger partial charge in [-0.1, -0.05) is 25.5 Å². The summed E-state index contributed by atoms with van der Waals surface area (Å²) in [6, 6.07) is 0. The van der Waals surface area contributed by atoms with E-state index in [2.05, 4.69) is 0 Å². The van der Waals surface area contributed by atoms with Gasteiger partial charge in [-0.3, -0.25) is 9.59 Å². The number of allylic oxidation sites excluding steroid dienone is 4. The van der Waals surface area contributed by atoms with Crippen molar-refractivity contribution in [3.05, 3.63) is 23.3 Å². The molecule has 2 aliphatic heterocycles. The lowest BCUT2D eigenvalue weighted by Gasteiger charge is -2.80. The summed E-state index contributed by atoms with van der Waals surface area (Å²) in [5.74, 6) is -3.90. The Kier molecular flexibility index (Phi) is 3.23. The van der Waals surface area contributed by atoms with Gasteiger partial charge in [-0.25, -0.2) is 0 Å². The molecule has 0 amide bonds. The zero-order valence-corrected chi connectivity index (χ0v) is 18.2. The Morgan fingerprint density at radius 1 is 1.23 bits per heavy atom. The van der Waals surface area contributed by atoms with Gasteiger partial charge < -0.3 is 19.7 Å². The first-order valence-electron chi connectivity index (χ1n) is 11.1.